The number of hydrogen-bond donors (Lipinski definition) is 1. The number of carbonyl (C=O) groups is 1. The lowest BCUT2D eigenvalue weighted by molar-refractivity contribution is -0.155. The van der Waals surface area contributed by atoms with Crippen LogP contribution in [0.25, 0.3) is 0 Å². The molecule has 22 heavy (non-hydrogen) atoms. The van der Waals surface area contributed by atoms with Gasteiger partial charge in [0.25, 0.3) is 0 Å². The summed E-state index contributed by atoms with van der Waals surface area (Å²) in [5.74, 6) is -1.15. The first-order valence-electron chi connectivity index (χ1n) is 7.28. The first-order valence-corrected chi connectivity index (χ1v) is 8.72. The minimum Gasteiger partial charge on any atom is -0.480 e. The topological polar surface area (TPSA) is 96.8 Å². The van der Waals surface area contributed by atoms with Crippen molar-refractivity contribution < 1.29 is 23.1 Å². The van der Waals surface area contributed by atoms with Crippen LogP contribution in [-0.4, -0.2) is 47.5 Å². The Morgan fingerprint density at radius 3 is 2.91 bits per heavy atom. The van der Waals surface area contributed by atoms with Crippen molar-refractivity contribution in [3.8, 4) is 5.88 Å². The number of rotatable bonds is 5. The molecule has 120 valence electrons. The third-order valence-corrected chi connectivity index (χ3v) is 6.59. The van der Waals surface area contributed by atoms with E-state index in [0.29, 0.717) is 12.8 Å². The third-order valence-electron chi connectivity index (χ3n) is 4.63. The molecular formula is C14H18N2O5S. The van der Waals surface area contributed by atoms with E-state index in [1.54, 1.807) is 6.92 Å². The maximum Gasteiger partial charge on any atom is 0.325 e. The fourth-order valence-corrected chi connectivity index (χ4v) is 5.38. The summed E-state index contributed by atoms with van der Waals surface area (Å²) in [5, 5.41) is 9.59. The number of aliphatic carboxylic acids is 1. The Kier molecular flexibility index (Phi) is 3.60. The maximum atomic E-state index is 13.0. The Morgan fingerprint density at radius 1 is 1.55 bits per heavy atom. The van der Waals surface area contributed by atoms with E-state index < -0.39 is 21.5 Å². The van der Waals surface area contributed by atoms with Gasteiger partial charge in [0.15, 0.2) is 0 Å². The summed E-state index contributed by atoms with van der Waals surface area (Å²) in [6, 6.07) is 2.92. The predicted molar refractivity (Wildman–Crippen MR) is 77.0 cm³/mol. The maximum absolute atomic E-state index is 13.0. The van der Waals surface area contributed by atoms with Crippen LogP contribution in [0.1, 0.15) is 26.2 Å². The summed E-state index contributed by atoms with van der Waals surface area (Å²) in [6.45, 7) is 2.24. The van der Waals surface area contributed by atoms with Gasteiger partial charge in [-0.15, -0.1) is 0 Å². The Balaban J connectivity index is 2.06. The largest absolute Gasteiger partial charge is 0.480 e. The predicted octanol–water partition coefficient (Wildman–Crippen LogP) is 1.11. The average Bonchev–Trinajstić information content (AvgIpc) is 2.72. The number of pyridine rings is 1. The molecule has 1 aromatic heterocycles. The average molecular weight is 326 g/mol. The quantitative estimate of drug-likeness (QED) is 0.870. The molecule has 7 nitrogen and oxygen atoms in total. The molecule has 1 aliphatic heterocycles. The SMILES string of the molecule is CCOc1ncccc1S(=O)(=O)N1CC[C@@H]2CC[C@@]21C(=O)O. The molecule has 1 saturated carbocycles. The van der Waals surface area contributed by atoms with Crippen LogP contribution in [0.4, 0.5) is 0 Å². The molecule has 0 radical (unpaired) electrons. The van der Waals surface area contributed by atoms with Crippen molar-refractivity contribution in [2.75, 3.05) is 13.2 Å². The first kappa shape index (κ1) is 15.2. The second-order valence-electron chi connectivity index (χ2n) is 5.57. The van der Waals surface area contributed by atoms with Crippen molar-refractivity contribution in [1.82, 2.24) is 9.29 Å². The van der Waals surface area contributed by atoms with Crippen LogP contribution < -0.4 is 4.74 Å². The summed E-state index contributed by atoms with van der Waals surface area (Å²) >= 11 is 0. The normalized spacial score (nSPS) is 28.0. The number of fused-ring (bicyclic) bond motifs is 1. The Hall–Kier alpha value is -1.67. The van der Waals surface area contributed by atoms with E-state index >= 15 is 0 Å². The standard InChI is InChI=1S/C14H18N2O5S/c1-2-21-12-11(4-3-8-15-12)22(19,20)16-9-6-10-5-7-14(10,16)13(17)18/h3-4,8,10H,2,5-7,9H2,1H3,(H,17,18)/t10-,14-/m0/s1. The van der Waals surface area contributed by atoms with Crippen molar-refractivity contribution >= 4 is 16.0 Å². The molecule has 2 atom stereocenters. The van der Waals surface area contributed by atoms with Crippen molar-refractivity contribution in [3.63, 3.8) is 0 Å². The summed E-state index contributed by atoms with van der Waals surface area (Å²) in [5.41, 5.74) is -1.29. The van der Waals surface area contributed by atoms with Gasteiger partial charge >= 0.3 is 5.97 Å². The second-order valence-corrected chi connectivity index (χ2v) is 7.40. The van der Waals surface area contributed by atoms with E-state index in [4.69, 9.17) is 4.74 Å². The lowest BCUT2D eigenvalue weighted by Crippen LogP contribution is -2.61. The molecule has 2 aliphatic rings. The molecule has 0 amide bonds. The van der Waals surface area contributed by atoms with Crippen LogP contribution in [0, 0.1) is 5.92 Å². The molecule has 1 N–H and O–H groups in total. The molecule has 0 bridgehead atoms. The second kappa shape index (κ2) is 5.20. The number of nitrogens with zero attached hydrogens (tertiary/aromatic N) is 2. The zero-order chi connectivity index (χ0) is 16.0. The van der Waals surface area contributed by atoms with Crippen LogP contribution in [0.3, 0.4) is 0 Å². The van der Waals surface area contributed by atoms with Gasteiger partial charge in [-0.25, -0.2) is 13.4 Å². The van der Waals surface area contributed by atoms with Gasteiger partial charge in [-0.2, -0.15) is 4.31 Å². The third kappa shape index (κ3) is 1.94. The van der Waals surface area contributed by atoms with Gasteiger partial charge in [0, 0.05) is 12.7 Å². The van der Waals surface area contributed by atoms with Crippen LogP contribution in [0.15, 0.2) is 23.2 Å². The number of ether oxygens (including phenoxy) is 1. The summed E-state index contributed by atoms with van der Waals surface area (Å²) in [6.07, 6.45) is 3.14. The van der Waals surface area contributed by atoms with E-state index in [0.717, 1.165) is 10.7 Å². The van der Waals surface area contributed by atoms with Gasteiger partial charge in [0.05, 0.1) is 6.61 Å². The number of carboxylic acid groups (broad SMARTS) is 1. The van der Waals surface area contributed by atoms with E-state index in [1.165, 1.54) is 18.3 Å². The Labute approximate surface area is 129 Å². The summed E-state index contributed by atoms with van der Waals surface area (Å²) < 4.78 is 32.4. The van der Waals surface area contributed by atoms with E-state index in [9.17, 15) is 18.3 Å². The molecule has 2 heterocycles. The fraction of sp³-hybridized carbons (Fsp3) is 0.571. The smallest absolute Gasteiger partial charge is 0.325 e. The minimum absolute atomic E-state index is 0.0216. The van der Waals surface area contributed by atoms with Gasteiger partial charge < -0.3 is 9.84 Å². The minimum atomic E-state index is -3.96. The molecule has 3 rings (SSSR count). The van der Waals surface area contributed by atoms with E-state index in [2.05, 4.69) is 4.98 Å². The van der Waals surface area contributed by atoms with Gasteiger partial charge in [-0.05, 0) is 44.2 Å². The molecule has 8 heteroatoms. The van der Waals surface area contributed by atoms with Crippen molar-refractivity contribution in [2.24, 2.45) is 5.92 Å². The van der Waals surface area contributed by atoms with E-state index in [1.807, 2.05) is 0 Å². The highest BCUT2D eigenvalue weighted by Crippen LogP contribution is 2.52. The van der Waals surface area contributed by atoms with Crippen LogP contribution in [-0.2, 0) is 14.8 Å². The van der Waals surface area contributed by atoms with Crippen molar-refractivity contribution in [2.45, 2.75) is 36.6 Å². The van der Waals surface area contributed by atoms with Crippen molar-refractivity contribution in [3.05, 3.63) is 18.3 Å². The molecule has 1 aromatic rings. The molecule has 0 unspecified atom stereocenters. The van der Waals surface area contributed by atoms with Crippen LogP contribution in [0.2, 0.25) is 0 Å². The van der Waals surface area contributed by atoms with Gasteiger partial charge in [0.1, 0.15) is 10.4 Å². The van der Waals surface area contributed by atoms with Crippen LogP contribution >= 0.6 is 0 Å². The molecule has 0 spiro atoms. The summed E-state index contributed by atoms with van der Waals surface area (Å²) in [4.78, 5) is 15.6. The molecule has 1 aliphatic carbocycles. The van der Waals surface area contributed by atoms with Gasteiger partial charge in [-0.3, -0.25) is 4.79 Å². The Morgan fingerprint density at radius 2 is 2.32 bits per heavy atom. The first-order chi connectivity index (χ1) is 10.4. The highest BCUT2D eigenvalue weighted by Gasteiger charge is 2.64. The fourth-order valence-electron chi connectivity index (χ4n) is 3.47. The number of hydrogen-bond acceptors (Lipinski definition) is 5. The van der Waals surface area contributed by atoms with Gasteiger partial charge in [0.2, 0.25) is 15.9 Å². The highest BCUT2D eigenvalue weighted by atomic mass is 32.2. The number of carboxylic acids is 1. The monoisotopic (exact) mass is 326 g/mol. The summed E-state index contributed by atoms with van der Waals surface area (Å²) in [7, 11) is -3.96. The number of sulfonamides is 1. The lowest BCUT2D eigenvalue weighted by Gasteiger charge is -2.45. The zero-order valence-corrected chi connectivity index (χ0v) is 13.0. The lowest BCUT2D eigenvalue weighted by atomic mass is 9.68. The molecular weight excluding hydrogens is 308 g/mol. The highest BCUT2D eigenvalue weighted by molar-refractivity contribution is 7.89. The number of aromatic nitrogens is 1. The molecule has 1 saturated heterocycles. The van der Waals surface area contributed by atoms with E-state index in [-0.39, 0.29) is 29.8 Å². The van der Waals surface area contributed by atoms with Crippen molar-refractivity contribution in [1.29, 1.82) is 0 Å². The Bertz CT molecular complexity index is 705. The van der Waals surface area contributed by atoms with Gasteiger partial charge in [-0.1, -0.05) is 0 Å². The zero-order valence-electron chi connectivity index (χ0n) is 12.2. The van der Waals surface area contributed by atoms with Crippen LogP contribution in [0.5, 0.6) is 5.88 Å². The molecule has 2 fully saturated rings. The molecule has 0 aromatic carbocycles.